The maximum absolute atomic E-state index is 5.83. The first-order valence-electron chi connectivity index (χ1n) is 6.87. The van der Waals surface area contributed by atoms with Gasteiger partial charge in [-0.15, -0.1) is 5.10 Å². The molecular weight excluding hydrogens is 286 g/mol. The van der Waals surface area contributed by atoms with Crippen molar-refractivity contribution in [2.45, 2.75) is 33.0 Å². The number of hydrogen-bond donors (Lipinski definition) is 1. The number of aromatic amines is 1. The van der Waals surface area contributed by atoms with Crippen LogP contribution in [0.4, 0.5) is 0 Å². The van der Waals surface area contributed by atoms with E-state index in [2.05, 4.69) is 19.9 Å². The Hall–Kier alpha value is -2.15. The number of aromatic nitrogens is 5. The van der Waals surface area contributed by atoms with Crippen molar-refractivity contribution >= 4 is 23.3 Å². The smallest absolute Gasteiger partial charge is 0.178 e. The molecule has 6 nitrogen and oxygen atoms in total. The van der Waals surface area contributed by atoms with Crippen LogP contribution in [0, 0.1) is 4.77 Å². The summed E-state index contributed by atoms with van der Waals surface area (Å²) in [6, 6.07) is 5.97. The molecule has 0 amide bonds. The van der Waals surface area contributed by atoms with Gasteiger partial charge >= 0.3 is 0 Å². The first-order chi connectivity index (χ1) is 10.1. The van der Waals surface area contributed by atoms with Gasteiger partial charge in [-0.3, -0.25) is 4.68 Å². The van der Waals surface area contributed by atoms with Gasteiger partial charge in [0.1, 0.15) is 11.3 Å². The van der Waals surface area contributed by atoms with Gasteiger partial charge in [-0.25, -0.2) is 0 Å². The molecule has 7 heteroatoms. The van der Waals surface area contributed by atoms with Crippen LogP contribution in [-0.2, 0) is 13.1 Å². The van der Waals surface area contributed by atoms with E-state index >= 15 is 0 Å². The third-order valence-corrected chi connectivity index (χ3v) is 3.48. The van der Waals surface area contributed by atoms with Crippen LogP contribution in [-0.4, -0.2) is 30.6 Å². The molecule has 0 unspecified atom stereocenters. The Morgan fingerprint density at radius 1 is 1.33 bits per heavy atom. The second-order valence-electron chi connectivity index (χ2n) is 5.06. The molecule has 2 aromatic heterocycles. The number of ether oxygens (including phenoxy) is 1. The molecule has 3 rings (SSSR count). The molecule has 0 atom stereocenters. The predicted octanol–water partition coefficient (Wildman–Crippen LogP) is 2.78. The minimum atomic E-state index is 0.121. The predicted molar refractivity (Wildman–Crippen MR) is 82.9 cm³/mol. The largest absolute Gasteiger partial charge is 0.489 e. The molecule has 110 valence electrons. The van der Waals surface area contributed by atoms with Crippen molar-refractivity contribution in [3.63, 3.8) is 0 Å². The maximum Gasteiger partial charge on any atom is 0.178 e. The zero-order valence-corrected chi connectivity index (χ0v) is 12.8. The minimum absolute atomic E-state index is 0.121. The number of aryl methyl sites for hydroxylation is 2. The summed E-state index contributed by atoms with van der Waals surface area (Å²) in [5, 5.41) is 7.77. The number of hydrogen-bond acceptors (Lipinski definition) is 4. The summed E-state index contributed by atoms with van der Waals surface area (Å²) in [6.07, 6.45) is 3.63. The Kier molecular flexibility index (Phi) is 3.74. The average molecular weight is 303 g/mol. The number of rotatable bonds is 5. The number of imidazole rings is 1. The van der Waals surface area contributed by atoms with Gasteiger partial charge in [0, 0.05) is 12.7 Å². The van der Waals surface area contributed by atoms with Gasteiger partial charge in [-0.05, 0) is 38.2 Å². The molecule has 0 saturated carbocycles. The summed E-state index contributed by atoms with van der Waals surface area (Å²) >= 11 is 5.43. The highest BCUT2D eigenvalue weighted by Crippen LogP contribution is 2.25. The maximum atomic E-state index is 5.83. The Bertz CT molecular complexity index is 787. The Balaban J connectivity index is 1.95. The average Bonchev–Trinajstić information content (AvgIpc) is 3.04. The summed E-state index contributed by atoms with van der Waals surface area (Å²) in [5.74, 6) is 0.827. The monoisotopic (exact) mass is 303 g/mol. The Morgan fingerprint density at radius 2 is 2.19 bits per heavy atom. The molecule has 0 aliphatic heterocycles. The molecule has 0 aliphatic rings. The van der Waals surface area contributed by atoms with Crippen molar-refractivity contribution < 1.29 is 4.74 Å². The second-order valence-corrected chi connectivity index (χ2v) is 5.45. The van der Waals surface area contributed by atoms with Crippen molar-refractivity contribution in [2.75, 3.05) is 0 Å². The molecular formula is C14H17N5OS. The Labute approximate surface area is 127 Å². The van der Waals surface area contributed by atoms with Gasteiger partial charge in [0.25, 0.3) is 0 Å². The van der Waals surface area contributed by atoms with Crippen LogP contribution < -0.4 is 4.74 Å². The van der Waals surface area contributed by atoms with E-state index in [0.29, 0.717) is 4.77 Å². The quantitative estimate of drug-likeness (QED) is 0.736. The highest BCUT2D eigenvalue weighted by molar-refractivity contribution is 7.71. The van der Waals surface area contributed by atoms with Crippen molar-refractivity contribution in [3.8, 4) is 5.75 Å². The SMILES string of the molecule is CC(C)Oc1cccc2c1[nH]c(=S)n2CCn1ccnn1. The lowest BCUT2D eigenvalue weighted by Crippen LogP contribution is -2.08. The molecule has 0 bridgehead atoms. The summed E-state index contributed by atoms with van der Waals surface area (Å²) < 4.78 is 10.4. The first kappa shape index (κ1) is 13.8. The zero-order valence-electron chi connectivity index (χ0n) is 12.0. The molecule has 0 saturated heterocycles. The van der Waals surface area contributed by atoms with E-state index in [1.54, 1.807) is 10.9 Å². The molecule has 1 aromatic carbocycles. The number of H-pyrrole nitrogens is 1. The highest BCUT2D eigenvalue weighted by atomic mass is 32.1. The molecule has 0 aliphatic carbocycles. The molecule has 21 heavy (non-hydrogen) atoms. The van der Waals surface area contributed by atoms with Gasteiger partial charge in [-0.2, -0.15) is 0 Å². The van der Waals surface area contributed by atoms with Gasteiger partial charge in [0.05, 0.1) is 24.4 Å². The van der Waals surface area contributed by atoms with Crippen molar-refractivity contribution in [3.05, 3.63) is 35.4 Å². The third kappa shape index (κ3) is 2.82. The van der Waals surface area contributed by atoms with E-state index in [-0.39, 0.29) is 6.10 Å². The van der Waals surface area contributed by atoms with E-state index in [1.807, 2.05) is 38.2 Å². The number of nitrogens with one attached hydrogen (secondary N) is 1. The molecule has 0 fully saturated rings. The fourth-order valence-electron chi connectivity index (χ4n) is 2.28. The topological polar surface area (TPSA) is 60.7 Å². The molecule has 1 N–H and O–H groups in total. The van der Waals surface area contributed by atoms with Crippen LogP contribution in [0.15, 0.2) is 30.6 Å². The summed E-state index contributed by atoms with van der Waals surface area (Å²) in [7, 11) is 0. The van der Waals surface area contributed by atoms with Crippen molar-refractivity contribution in [1.29, 1.82) is 0 Å². The number of fused-ring (bicyclic) bond motifs is 1. The first-order valence-corrected chi connectivity index (χ1v) is 7.28. The van der Waals surface area contributed by atoms with Crippen LogP contribution in [0.3, 0.4) is 0 Å². The number of benzene rings is 1. The third-order valence-electron chi connectivity index (χ3n) is 3.16. The lowest BCUT2D eigenvalue weighted by Gasteiger charge is -2.10. The van der Waals surface area contributed by atoms with E-state index in [4.69, 9.17) is 17.0 Å². The van der Waals surface area contributed by atoms with Gasteiger partial charge in [0.2, 0.25) is 0 Å². The minimum Gasteiger partial charge on any atom is -0.489 e. The summed E-state index contributed by atoms with van der Waals surface area (Å²) in [4.78, 5) is 3.24. The molecule has 3 aromatic rings. The van der Waals surface area contributed by atoms with Crippen LogP contribution in [0.25, 0.3) is 11.0 Å². The zero-order chi connectivity index (χ0) is 14.8. The van der Waals surface area contributed by atoms with Crippen LogP contribution >= 0.6 is 12.2 Å². The Morgan fingerprint density at radius 3 is 2.90 bits per heavy atom. The normalized spacial score (nSPS) is 11.4. The van der Waals surface area contributed by atoms with Gasteiger partial charge < -0.3 is 14.3 Å². The molecule has 0 radical (unpaired) electrons. The highest BCUT2D eigenvalue weighted by Gasteiger charge is 2.10. The standard InChI is InChI=1S/C14H17N5OS/c1-10(2)20-12-5-3-4-11-13(12)16-14(21)19(11)9-8-18-7-6-15-17-18/h3-7,10H,8-9H2,1-2H3,(H,16,21). The lowest BCUT2D eigenvalue weighted by atomic mass is 10.3. The number of para-hydroxylation sites is 1. The van der Waals surface area contributed by atoms with Crippen LogP contribution in [0.1, 0.15) is 13.8 Å². The van der Waals surface area contributed by atoms with Crippen LogP contribution in [0.5, 0.6) is 5.75 Å². The lowest BCUT2D eigenvalue weighted by molar-refractivity contribution is 0.245. The fourth-order valence-corrected chi connectivity index (χ4v) is 2.57. The molecule has 2 heterocycles. The van der Waals surface area contributed by atoms with Crippen molar-refractivity contribution in [2.24, 2.45) is 0 Å². The van der Waals surface area contributed by atoms with Gasteiger partial charge in [-0.1, -0.05) is 11.3 Å². The van der Waals surface area contributed by atoms with E-state index in [1.165, 1.54) is 0 Å². The van der Waals surface area contributed by atoms with Crippen LogP contribution in [0.2, 0.25) is 0 Å². The van der Waals surface area contributed by atoms with E-state index in [9.17, 15) is 0 Å². The van der Waals surface area contributed by atoms with Crippen molar-refractivity contribution in [1.82, 2.24) is 24.5 Å². The van der Waals surface area contributed by atoms with E-state index in [0.717, 1.165) is 29.9 Å². The second kappa shape index (κ2) is 5.69. The fraction of sp³-hybridized carbons (Fsp3) is 0.357. The summed E-state index contributed by atoms with van der Waals surface area (Å²) in [6.45, 7) is 5.47. The number of nitrogens with zero attached hydrogens (tertiary/aromatic N) is 4. The van der Waals surface area contributed by atoms with E-state index < -0.39 is 0 Å². The van der Waals surface area contributed by atoms with Gasteiger partial charge in [0.15, 0.2) is 4.77 Å². The molecule has 0 spiro atoms. The summed E-state index contributed by atoms with van der Waals surface area (Å²) in [5.41, 5.74) is 1.98.